The van der Waals surface area contributed by atoms with Crippen molar-refractivity contribution in [2.75, 3.05) is 5.73 Å². The van der Waals surface area contributed by atoms with Crippen molar-refractivity contribution in [1.82, 2.24) is 14.6 Å². The Labute approximate surface area is 92.7 Å². The largest absolute Gasteiger partial charge is 0.382 e. The molecule has 0 unspecified atom stereocenters. The predicted octanol–water partition coefficient (Wildman–Crippen LogP) is 2.31. The summed E-state index contributed by atoms with van der Waals surface area (Å²) in [6, 6.07) is 1.97. The summed E-state index contributed by atoms with van der Waals surface area (Å²) in [6.07, 6.45) is 0.926. The highest BCUT2D eigenvalue weighted by atomic mass is 32.1. The second-order valence-corrected chi connectivity index (χ2v) is 4.61. The number of aromatic nitrogens is 3. The van der Waals surface area contributed by atoms with E-state index in [9.17, 15) is 0 Å². The molecule has 2 rings (SSSR count). The molecule has 0 aliphatic rings. The first-order valence-electron chi connectivity index (χ1n) is 4.92. The lowest BCUT2D eigenvalue weighted by Crippen LogP contribution is -1.99. The van der Waals surface area contributed by atoms with Gasteiger partial charge in [-0.15, -0.1) is 0 Å². The van der Waals surface area contributed by atoms with E-state index in [-0.39, 0.29) is 0 Å². The highest BCUT2D eigenvalue weighted by molar-refractivity contribution is 7.03. The molecule has 2 heterocycles. The van der Waals surface area contributed by atoms with Gasteiger partial charge < -0.3 is 5.73 Å². The molecule has 15 heavy (non-hydrogen) atoms. The third kappa shape index (κ3) is 2.02. The molecule has 80 valence electrons. The number of nitrogen functional groups attached to an aromatic ring is 1. The number of nitrogens with one attached hydrogen (secondary N) is 1. The Kier molecular flexibility index (Phi) is 2.73. The van der Waals surface area contributed by atoms with E-state index < -0.39 is 0 Å². The molecule has 0 amide bonds. The molecule has 2 aromatic heterocycles. The van der Waals surface area contributed by atoms with Crippen LogP contribution < -0.4 is 5.73 Å². The van der Waals surface area contributed by atoms with Crippen molar-refractivity contribution in [2.45, 2.75) is 20.3 Å². The summed E-state index contributed by atoms with van der Waals surface area (Å²) in [7, 11) is 0. The molecule has 0 aromatic carbocycles. The normalized spacial score (nSPS) is 11.1. The topological polar surface area (TPSA) is 67.6 Å². The van der Waals surface area contributed by atoms with Crippen molar-refractivity contribution in [3.8, 4) is 11.4 Å². The highest BCUT2D eigenvalue weighted by Crippen LogP contribution is 2.26. The van der Waals surface area contributed by atoms with E-state index in [1.54, 1.807) is 0 Å². The molecule has 3 N–H and O–H groups in total. The Balaban J connectivity index is 2.40. The molecule has 2 aromatic rings. The monoisotopic (exact) mass is 222 g/mol. The minimum Gasteiger partial charge on any atom is -0.382 e. The van der Waals surface area contributed by atoms with Gasteiger partial charge in [-0.2, -0.15) is 9.47 Å². The standard InChI is InChI=1S/C10H14N4S/c1-6(2)5-7-9(12-13-10(7)11)8-3-4-15-14-8/h3-4,6H,5H2,1-2H3,(H3,11,12,13). The average Bonchev–Trinajstić information content (AvgIpc) is 2.76. The maximum Gasteiger partial charge on any atom is 0.149 e. The van der Waals surface area contributed by atoms with Gasteiger partial charge in [0.1, 0.15) is 11.5 Å². The van der Waals surface area contributed by atoms with E-state index in [1.165, 1.54) is 11.5 Å². The third-order valence-electron chi connectivity index (χ3n) is 2.21. The van der Waals surface area contributed by atoms with Crippen LogP contribution in [0.2, 0.25) is 0 Å². The number of anilines is 1. The summed E-state index contributed by atoms with van der Waals surface area (Å²) in [4.78, 5) is 0. The lowest BCUT2D eigenvalue weighted by Gasteiger charge is -2.04. The molecule has 0 aliphatic heterocycles. The van der Waals surface area contributed by atoms with Gasteiger partial charge in [0.25, 0.3) is 0 Å². The number of nitrogens with zero attached hydrogens (tertiary/aromatic N) is 2. The van der Waals surface area contributed by atoms with E-state index in [0.717, 1.165) is 23.4 Å². The molecule has 0 atom stereocenters. The van der Waals surface area contributed by atoms with Crippen LogP contribution in [0.3, 0.4) is 0 Å². The maximum absolute atomic E-state index is 5.83. The summed E-state index contributed by atoms with van der Waals surface area (Å²) in [5.74, 6) is 1.15. The first kappa shape index (κ1) is 10.2. The third-order valence-corrected chi connectivity index (χ3v) is 2.77. The Morgan fingerprint density at radius 3 is 2.93 bits per heavy atom. The smallest absolute Gasteiger partial charge is 0.149 e. The molecule has 0 fully saturated rings. The van der Waals surface area contributed by atoms with E-state index in [1.807, 2.05) is 11.4 Å². The Morgan fingerprint density at radius 1 is 1.53 bits per heavy atom. The molecule has 0 saturated heterocycles. The Morgan fingerprint density at radius 2 is 2.33 bits per heavy atom. The van der Waals surface area contributed by atoms with Crippen LogP contribution >= 0.6 is 11.5 Å². The zero-order valence-corrected chi connectivity index (χ0v) is 9.64. The van der Waals surface area contributed by atoms with Gasteiger partial charge >= 0.3 is 0 Å². The van der Waals surface area contributed by atoms with Crippen molar-refractivity contribution in [1.29, 1.82) is 0 Å². The lowest BCUT2D eigenvalue weighted by atomic mass is 10.0. The van der Waals surface area contributed by atoms with Crippen LogP contribution in [0.4, 0.5) is 5.82 Å². The van der Waals surface area contributed by atoms with Gasteiger partial charge in [0.05, 0.1) is 5.69 Å². The van der Waals surface area contributed by atoms with Crippen molar-refractivity contribution >= 4 is 17.4 Å². The first-order valence-corrected chi connectivity index (χ1v) is 5.75. The van der Waals surface area contributed by atoms with Crippen LogP contribution in [-0.4, -0.2) is 14.6 Å². The second kappa shape index (κ2) is 4.02. The number of rotatable bonds is 3. The molecule has 5 heteroatoms. The number of aromatic amines is 1. The summed E-state index contributed by atoms with van der Waals surface area (Å²) in [5.41, 5.74) is 8.80. The molecule has 0 bridgehead atoms. The Hall–Kier alpha value is -1.36. The van der Waals surface area contributed by atoms with Gasteiger partial charge in [-0.3, -0.25) is 5.10 Å². The van der Waals surface area contributed by atoms with E-state index >= 15 is 0 Å². The highest BCUT2D eigenvalue weighted by Gasteiger charge is 2.14. The van der Waals surface area contributed by atoms with E-state index in [4.69, 9.17) is 5.73 Å². The molecule has 0 spiro atoms. The molecule has 0 saturated carbocycles. The quantitative estimate of drug-likeness (QED) is 0.837. The van der Waals surface area contributed by atoms with Crippen molar-refractivity contribution in [3.05, 3.63) is 17.0 Å². The summed E-state index contributed by atoms with van der Waals surface area (Å²) in [6.45, 7) is 4.33. The van der Waals surface area contributed by atoms with Crippen LogP contribution in [0.15, 0.2) is 11.4 Å². The van der Waals surface area contributed by atoms with Crippen molar-refractivity contribution in [3.63, 3.8) is 0 Å². The fraction of sp³-hybridized carbons (Fsp3) is 0.400. The SMILES string of the molecule is CC(C)Cc1c(N)n[nH]c1-c1ccsn1. The molecule has 0 radical (unpaired) electrons. The maximum atomic E-state index is 5.83. The van der Waals surface area contributed by atoms with Crippen LogP contribution in [-0.2, 0) is 6.42 Å². The number of nitrogens with two attached hydrogens (primary N) is 1. The summed E-state index contributed by atoms with van der Waals surface area (Å²) >= 11 is 1.43. The minimum atomic E-state index is 0.558. The molecule has 4 nitrogen and oxygen atoms in total. The van der Waals surface area contributed by atoms with Gasteiger partial charge in [0, 0.05) is 10.9 Å². The van der Waals surface area contributed by atoms with Crippen molar-refractivity contribution < 1.29 is 0 Å². The molecular weight excluding hydrogens is 208 g/mol. The summed E-state index contributed by atoms with van der Waals surface area (Å²) < 4.78 is 4.28. The van der Waals surface area contributed by atoms with Gasteiger partial charge in [-0.1, -0.05) is 13.8 Å². The lowest BCUT2D eigenvalue weighted by molar-refractivity contribution is 0.649. The first-order chi connectivity index (χ1) is 7.18. The zero-order valence-electron chi connectivity index (χ0n) is 8.82. The van der Waals surface area contributed by atoms with Crippen LogP contribution in [0, 0.1) is 5.92 Å². The van der Waals surface area contributed by atoms with E-state index in [0.29, 0.717) is 11.7 Å². The van der Waals surface area contributed by atoms with Gasteiger partial charge in [0.15, 0.2) is 0 Å². The van der Waals surface area contributed by atoms with Crippen LogP contribution in [0.25, 0.3) is 11.4 Å². The average molecular weight is 222 g/mol. The zero-order chi connectivity index (χ0) is 10.8. The number of hydrogen-bond acceptors (Lipinski definition) is 4. The van der Waals surface area contributed by atoms with Crippen LogP contribution in [0.5, 0.6) is 0 Å². The molecular formula is C10H14N4S. The number of hydrogen-bond donors (Lipinski definition) is 2. The van der Waals surface area contributed by atoms with Crippen molar-refractivity contribution in [2.24, 2.45) is 5.92 Å². The number of H-pyrrole nitrogens is 1. The fourth-order valence-corrected chi connectivity index (χ4v) is 2.06. The summed E-state index contributed by atoms with van der Waals surface area (Å²) in [5, 5.41) is 8.94. The predicted molar refractivity (Wildman–Crippen MR) is 62.7 cm³/mol. The molecule has 0 aliphatic carbocycles. The van der Waals surface area contributed by atoms with Gasteiger partial charge in [-0.05, 0) is 29.9 Å². The van der Waals surface area contributed by atoms with E-state index in [2.05, 4.69) is 28.4 Å². The fourth-order valence-electron chi connectivity index (χ4n) is 1.55. The minimum absolute atomic E-state index is 0.558. The second-order valence-electron chi connectivity index (χ2n) is 3.95. The van der Waals surface area contributed by atoms with Crippen LogP contribution in [0.1, 0.15) is 19.4 Å². The Bertz CT molecular complexity index is 430. The van der Waals surface area contributed by atoms with Gasteiger partial charge in [-0.25, -0.2) is 0 Å². The van der Waals surface area contributed by atoms with Gasteiger partial charge in [0.2, 0.25) is 0 Å².